The molecule has 154 valence electrons. The van der Waals surface area contributed by atoms with Crippen LogP contribution in [-0.2, 0) is 24.6 Å². The molecule has 0 aromatic heterocycles. The fraction of sp³-hybridized carbons (Fsp3) is 0.520. The molecule has 0 aliphatic heterocycles. The van der Waals surface area contributed by atoms with Crippen LogP contribution in [0.25, 0.3) is 0 Å². The van der Waals surface area contributed by atoms with Gasteiger partial charge >= 0.3 is 0 Å². The Morgan fingerprint density at radius 3 is 1.55 bits per heavy atom. The lowest BCUT2D eigenvalue weighted by atomic mass is 9.44. The number of aryl methyl sites for hydroxylation is 2. The van der Waals surface area contributed by atoms with Crippen LogP contribution in [0.4, 0.5) is 0 Å². The van der Waals surface area contributed by atoms with Crippen LogP contribution in [0.15, 0.2) is 24.3 Å². The molecule has 0 heterocycles. The van der Waals surface area contributed by atoms with Crippen molar-refractivity contribution in [2.75, 3.05) is 14.2 Å². The fourth-order valence-electron chi connectivity index (χ4n) is 6.22. The van der Waals surface area contributed by atoms with E-state index < -0.39 is 0 Å². The van der Waals surface area contributed by atoms with E-state index in [9.17, 15) is 0 Å². The highest BCUT2D eigenvalue weighted by molar-refractivity contribution is 6.17. The summed E-state index contributed by atoms with van der Waals surface area (Å²) < 4.78 is 11.9. The molecule has 4 bridgehead atoms. The Kier molecular flexibility index (Phi) is 5.20. The van der Waals surface area contributed by atoms with Crippen LogP contribution >= 0.6 is 23.2 Å². The predicted octanol–water partition coefficient (Wildman–Crippen LogP) is 6.58. The zero-order valence-corrected chi connectivity index (χ0v) is 18.7. The van der Waals surface area contributed by atoms with Gasteiger partial charge in [-0.05, 0) is 78.0 Å². The monoisotopic (exact) mass is 430 g/mol. The Morgan fingerprint density at radius 1 is 0.759 bits per heavy atom. The number of benzene rings is 2. The Hall–Kier alpha value is -1.38. The number of rotatable bonds is 4. The molecule has 0 N–H and O–H groups in total. The largest absolute Gasteiger partial charge is 0.496 e. The molecule has 3 aliphatic rings. The SMILES string of the molecule is COc1c(CCl)cc2cc1C1C3CCC3C1c1cc(cc(CCl)c1OC)CCC2. The molecule has 2 aromatic carbocycles. The third-order valence-corrected chi connectivity index (χ3v) is 8.12. The van der Waals surface area contributed by atoms with Crippen LogP contribution in [-0.4, -0.2) is 14.2 Å². The second kappa shape index (κ2) is 7.71. The minimum atomic E-state index is 0.469. The maximum atomic E-state index is 6.35. The van der Waals surface area contributed by atoms with Crippen LogP contribution in [0.3, 0.4) is 0 Å². The van der Waals surface area contributed by atoms with Gasteiger partial charge in [0.25, 0.3) is 0 Å². The van der Waals surface area contributed by atoms with Gasteiger partial charge in [0.1, 0.15) is 11.5 Å². The standard InChI is InChI=1S/C25H28Cl2O2/c1-28-24-16(12-26)8-14-4-3-5-15-9-17(13-27)25(29-2)21(11-15)23-19-7-6-18(19)22(23)20(24)10-14/h8-11,18-19,22-23H,3-7,12-13H2,1-2H3. The van der Waals surface area contributed by atoms with Crippen molar-refractivity contribution in [3.63, 3.8) is 0 Å². The first kappa shape index (κ1) is 19.6. The molecule has 2 fully saturated rings. The topological polar surface area (TPSA) is 18.5 Å². The summed E-state index contributed by atoms with van der Waals surface area (Å²) in [5.74, 6) is 5.38. The third kappa shape index (κ3) is 2.98. The average molecular weight is 431 g/mol. The van der Waals surface area contributed by atoms with E-state index in [1.54, 1.807) is 14.2 Å². The molecule has 3 aliphatic carbocycles. The minimum absolute atomic E-state index is 0.469. The number of methoxy groups -OCH3 is 2. The Labute approximate surface area is 183 Å². The van der Waals surface area contributed by atoms with Crippen LogP contribution < -0.4 is 9.47 Å². The molecular weight excluding hydrogens is 403 g/mol. The van der Waals surface area contributed by atoms with Gasteiger partial charge in [0.15, 0.2) is 0 Å². The molecule has 0 amide bonds. The van der Waals surface area contributed by atoms with Gasteiger partial charge in [-0.25, -0.2) is 0 Å². The second-order valence-electron chi connectivity index (χ2n) is 8.83. The van der Waals surface area contributed by atoms with E-state index in [-0.39, 0.29) is 0 Å². The average Bonchev–Trinajstić information content (AvgIpc) is 2.74. The van der Waals surface area contributed by atoms with Crippen molar-refractivity contribution >= 4 is 23.2 Å². The summed E-state index contributed by atoms with van der Waals surface area (Å²) in [5, 5.41) is 0. The highest BCUT2D eigenvalue weighted by Gasteiger charge is 2.57. The van der Waals surface area contributed by atoms with Crippen molar-refractivity contribution in [3.05, 3.63) is 57.6 Å². The van der Waals surface area contributed by atoms with Gasteiger partial charge in [-0.1, -0.05) is 24.3 Å². The van der Waals surface area contributed by atoms with Crippen molar-refractivity contribution in [3.8, 4) is 11.5 Å². The molecule has 2 saturated carbocycles. The summed E-state index contributed by atoms with van der Waals surface area (Å²) in [6, 6.07) is 9.31. The van der Waals surface area contributed by atoms with Gasteiger partial charge in [0.05, 0.1) is 26.0 Å². The van der Waals surface area contributed by atoms with Gasteiger partial charge in [-0.2, -0.15) is 0 Å². The van der Waals surface area contributed by atoms with Crippen LogP contribution in [0.5, 0.6) is 11.5 Å². The molecule has 0 saturated heterocycles. The number of ether oxygens (including phenoxy) is 2. The van der Waals surface area contributed by atoms with Crippen LogP contribution in [0.1, 0.15) is 64.5 Å². The van der Waals surface area contributed by atoms with Gasteiger partial charge < -0.3 is 9.47 Å². The van der Waals surface area contributed by atoms with E-state index in [0.717, 1.165) is 53.7 Å². The maximum Gasteiger partial charge on any atom is 0.126 e. The number of halogens is 2. The van der Waals surface area contributed by atoms with Gasteiger partial charge in [0.2, 0.25) is 0 Å². The quantitative estimate of drug-likeness (QED) is 0.510. The molecule has 5 rings (SSSR count). The lowest BCUT2D eigenvalue weighted by Crippen LogP contribution is -2.50. The number of fused-ring (bicyclic) bond motifs is 10. The summed E-state index contributed by atoms with van der Waals surface area (Å²) in [4.78, 5) is 0. The number of alkyl halides is 2. The second-order valence-corrected chi connectivity index (χ2v) is 9.37. The molecule has 4 unspecified atom stereocenters. The third-order valence-electron chi connectivity index (χ3n) is 7.55. The van der Waals surface area contributed by atoms with E-state index >= 15 is 0 Å². The van der Waals surface area contributed by atoms with Crippen molar-refractivity contribution in [2.45, 2.75) is 55.7 Å². The Morgan fingerprint density at radius 2 is 1.21 bits per heavy atom. The molecule has 4 heteroatoms. The van der Waals surface area contributed by atoms with E-state index in [1.165, 1.54) is 35.1 Å². The molecule has 4 atom stereocenters. The van der Waals surface area contributed by atoms with Crippen molar-refractivity contribution in [2.24, 2.45) is 11.8 Å². The van der Waals surface area contributed by atoms with Gasteiger partial charge in [0, 0.05) is 11.1 Å². The molecule has 0 spiro atoms. The summed E-state index contributed by atoms with van der Waals surface area (Å²) in [6.45, 7) is 0. The zero-order chi connectivity index (χ0) is 20.1. The lowest BCUT2D eigenvalue weighted by Gasteiger charge is -2.60. The highest BCUT2D eigenvalue weighted by Crippen LogP contribution is 2.69. The summed E-state index contributed by atoms with van der Waals surface area (Å²) in [6.07, 6.45) is 5.84. The smallest absolute Gasteiger partial charge is 0.126 e. The summed E-state index contributed by atoms with van der Waals surface area (Å²) in [5.41, 5.74) is 7.74. The molecular formula is C25H28Cl2O2. The molecule has 29 heavy (non-hydrogen) atoms. The van der Waals surface area contributed by atoms with Crippen molar-refractivity contribution in [1.82, 2.24) is 0 Å². The lowest BCUT2D eigenvalue weighted by molar-refractivity contribution is -0.0133. The van der Waals surface area contributed by atoms with Crippen LogP contribution in [0.2, 0.25) is 0 Å². The van der Waals surface area contributed by atoms with E-state index in [4.69, 9.17) is 32.7 Å². The first-order valence-electron chi connectivity index (χ1n) is 10.7. The predicted molar refractivity (Wildman–Crippen MR) is 119 cm³/mol. The fourth-order valence-corrected chi connectivity index (χ4v) is 6.62. The summed E-state index contributed by atoms with van der Waals surface area (Å²) in [7, 11) is 3.57. The highest BCUT2D eigenvalue weighted by atomic mass is 35.5. The minimum Gasteiger partial charge on any atom is -0.496 e. The Bertz CT molecular complexity index is 863. The van der Waals surface area contributed by atoms with E-state index in [0.29, 0.717) is 23.6 Å². The first-order chi connectivity index (χ1) is 14.2. The van der Waals surface area contributed by atoms with E-state index in [2.05, 4.69) is 24.3 Å². The normalized spacial score (nSPS) is 26.9. The number of hydrogen-bond acceptors (Lipinski definition) is 2. The van der Waals surface area contributed by atoms with Crippen LogP contribution in [0, 0.1) is 11.8 Å². The zero-order valence-electron chi connectivity index (χ0n) is 17.1. The maximum absolute atomic E-state index is 6.35. The molecule has 2 aromatic rings. The molecule has 2 nitrogen and oxygen atoms in total. The van der Waals surface area contributed by atoms with E-state index in [1.807, 2.05) is 0 Å². The number of hydrogen-bond donors (Lipinski definition) is 0. The van der Waals surface area contributed by atoms with Crippen molar-refractivity contribution < 1.29 is 9.47 Å². The molecule has 0 radical (unpaired) electrons. The Balaban J connectivity index is 1.72. The summed E-state index contributed by atoms with van der Waals surface area (Å²) >= 11 is 12.7. The van der Waals surface area contributed by atoms with Crippen molar-refractivity contribution in [1.29, 1.82) is 0 Å². The van der Waals surface area contributed by atoms with Gasteiger partial charge in [-0.15, -0.1) is 23.2 Å². The first-order valence-corrected chi connectivity index (χ1v) is 11.8. The van der Waals surface area contributed by atoms with Gasteiger partial charge in [-0.3, -0.25) is 0 Å².